The van der Waals surface area contributed by atoms with Crippen LogP contribution in [-0.4, -0.2) is 19.0 Å². The number of nitrogens with zero attached hydrogens (tertiary/aromatic N) is 1. The third-order valence-electron chi connectivity index (χ3n) is 2.53. The van der Waals surface area contributed by atoms with Crippen molar-refractivity contribution in [1.29, 1.82) is 0 Å². The standard InChI is InChI=1S/C11H13BrN2O/c1-3-14-10(15)6-13-9-5-7(2)4-8(12)11(9)14/h4-5,13H,3,6H2,1-2H3. The quantitative estimate of drug-likeness (QED) is 0.849. The number of carbonyl (C=O) groups is 1. The lowest BCUT2D eigenvalue weighted by atomic mass is 10.1. The van der Waals surface area contributed by atoms with E-state index in [0.29, 0.717) is 13.1 Å². The molecular formula is C11H13BrN2O. The second-order valence-corrected chi connectivity index (χ2v) is 4.49. The van der Waals surface area contributed by atoms with Gasteiger partial charge in [0.25, 0.3) is 0 Å². The van der Waals surface area contributed by atoms with Crippen LogP contribution in [0.4, 0.5) is 11.4 Å². The van der Waals surface area contributed by atoms with E-state index in [-0.39, 0.29) is 5.91 Å². The fourth-order valence-corrected chi connectivity index (χ4v) is 2.66. The fourth-order valence-electron chi connectivity index (χ4n) is 1.87. The number of amides is 1. The summed E-state index contributed by atoms with van der Waals surface area (Å²) in [7, 11) is 0. The largest absolute Gasteiger partial charge is 0.374 e. The average Bonchev–Trinajstić information content (AvgIpc) is 2.18. The molecule has 0 aliphatic carbocycles. The van der Waals surface area contributed by atoms with Crippen LogP contribution in [0.25, 0.3) is 0 Å². The van der Waals surface area contributed by atoms with Gasteiger partial charge >= 0.3 is 0 Å². The number of fused-ring (bicyclic) bond motifs is 1. The van der Waals surface area contributed by atoms with E-state index in [1.807, 2.05) is 19.9 Å². The molecule has 0 fully saturated rings. The van der Waals surface area contributed by atoms with Crippen molar-refractivity contribution in [1.82, 2.24) is 0 Å². The molecule has 4 heteroatoms. The van der Waals surface area contributed by atoms with Gasteiger partial charge in [0.05, 0.1) is 17.9 Å². The maximum Gasteiger partial charge on any atom is 0.246 e. The van der Waals surface area contributed by atoms with Crippen molar-refractivity contribution in [3.05, 3.63) is 22.2 Å². The van der Waals surface area contributed by atoms with Gasteiger partial charge in [0.1, 0.15) is 0 Å². The summed E-state index contributed by atoms with van der Waals surface area (Å²) in [4.78, 5) is 13.5. The highest BCUT2D eigenvalue weighted by Crippen LogP contribution is 2.37. The Labute approximate surface area is 97.6 Å². The predicted molar refractivity (Wildman–Crippen MR) is 65.4 cm³/mol. The van der Waals surface area contributed by atoms with Crippen LogP contribution in [0.15, 0.2) is 16.6 Å². The maximum atomic E-state index is 11.7. The molecule has 0 bridgehead atoms. The van der Waals surface area contributed by atoms with E-state index in [0.717, 1.165) is 15.8 Å². The first kappa shape index (κ1) is 10.5. The predicted octanol–water partition coefficient (Wildman–Crippen LogP) is 2.54. The lowest BCUT2D eigenvalue weighted by Crippen LogP contribution is -2.39. The van der Waals surface area contributed by atoms with E-state index in [9.17, 15) is 4.79 Å². The van der Waals surface area contributed by atoms with Gasteiger partial charge in [-0.2, -0.15) is 0 Å². The molecule has 2 rings (SSSR count). The number of benzene rings is 1. The minimum absolute atomic E-state index is 0.120. The summed E-state index contributed by atoms with van der Waals surface area (Å²) in [6.07, 6.45) is 0. The number of rotatable bonds is 1. The minimum Gasteiger partial charge on any atom is -0.374 e. The molecule has 0 radical (unpaired) electrons. The van der Waals surface area contributed by atoms with E-state index < -0.39 is 0 Å². The van der Waals surface area contributed by atoms with Crippen LogP contribution >= 0.6 is 15.9 Å². The number of hydrogen-bond acceptors (Lipinski definition) is 2. The number of aryl methyl sites for hydroxylation is 1. The van der Waals surface area contributed by atoms with Crippen molar-refractivity contribution < 1.29 is 4.79 Å². The van der Waals surface area contributed by atoms with Gasteiger partial charge in [-0.1, -0.05) is 0 Å². The molecule has 1 aromatic rings. The first-order chi connectivity index (χ1) is 7.13. The van der Waals surface area contributed by atoms with E-state index >= 15 is 0 Å². The summed E-state index contributed by atoms with van der Waals surface area (Å²) < 4.78 is 0.972. The van der Waals surface area contributed by atoms with Crippen molar-refractivity contribution in [2.75, 3.05) is 23.3 Å². The molecule has 1 amide bonds. The fraction of sp³-hybridized carbons (Fsp3) is 0.364. The lowest BCUT2D eigenvalue weighted by molar-refractivity contribution is -0.117. The van der Waals surface area contributed by atoms with Gasteiger partial charge in [0.2, 0.25) is 5.91 Å². The Hall–Kier alpha value is -1.03. The van der Waals surface area contributed by atoms with E-state index in [1.165, 1.54) is 5.56 Å². The van der Waals surface area contributed by atoms with Crippen LogP contribution in [0.3, 0.4) is 0 Å². The second-order valence-electron chi connectivity index (χ2n) is 3.63. The summed E-state index contributed by atoms with van der Waals surface area (Å²) in [5, 5.41) is 3.14. The molecule has 0 unspecified atom stereocenters. The Morgan fingerprint density at radius 1 is 1.53 bits per heavy atom. The molecule has 0 saturated heterocycles. The monoisotopic (exact) mass is 268 g/mol. The third-order valence-corrected chi connectivity index (χ3v) is 3.13. The lowest BCUT2D eigenvalue weighted by Gasteiger charge is -2.30. The zero-order chi connectivity index (χ0) is 11.0. The number of carbonyl (C=O) groups excluding carboxylic acids is 1. The zero-order valence-electron chi connectivity index (χ0n) is 8.80. The van der Waals surface area contributed by atoms with Crippen LogP contribution in [0, 0.1) is 6.92 Å². The highest BCUT2D eigenvalue weighted by Gasteiger charge is 2.24. The number of anilines is 2. The first-order valence-electron chi connectivity index (χ1n) is 4.98. The molecule has 0 aromatic heterocycles. The molecule has 0 spiro atoms. The normalized spacial score (nSPS) is 14.9. The van der Waals surface area contributed by atoms with Gasteiger partial charge in [0.15, 0.2) is 0 Å². The molecule has 1 aliphatic heterocycles. The van der Waals surface area contributed by atoms with Crippen molar-refractivity contribution in [2.24, 2.45) is 0 Å². The smallest absolute Gasteiger partial charge is 0.246 e. The Morgan fingerprint density at radius 2 is 2.27 bits per heavy atom. The van der Waals surface area contributed by atoms with Crippen molar-refractivity contribution in [2.45, 2.75) is 13.8 Å². The molecule has 1 aromatic carbocycles. The molecule has 1 heterocycles. The molecule has 80 valence electrons. The SMILES string of the molecule is CCN1C(=O)CNc2cc(C)cc(Br)c21. The Balaban J connectivity index is 2.57. The van der Waals surface area contributed by atoms with Gasteiger partial charge in [-0.05, 0) is 47.5 Å². The molecule has 15 heavy (non-hydrogen) atoms. The van der Waals surface area contributed by atoms with Crippen LogP contribution in [-0.2, 0) is 4.79 Å². The van der Waals surface area contributed by atoms with Gasteiger partial charge in [-0.25, -0.2) is 0 Å². The number of likely N-dealkylation sites (N-methyl/N-ethyl adjacent to an activating group) is 1. The zero-order valence-corrected chi connectivity index (χ0v) is 10.4. The van der Waals surface area contributed by atoms with Crippen LogP contribution < -0.4 is 10.2 Å². The summed E-state index contributed by atoms with van der Waals surface area (Å²) in [5.74, 6) is 0.120. The van der Waals surface area contributed by atoms with Crippen molar-refractivity contribution in [3.63, 3.8) is 0 Å². The Bertz CT molecular complexity index is 417. The van der Waals surface area contributed by atoms with Gasteiger partial charge < -0.3 is 10.2 Å². The number of halogens is 1. The summed E-state index contributed by atoms with van der Waals surface area (Å²) >= 11 is 3.51. The van der Waals surface area contributed by atoms with Gasteiger partial charge in [0, 0.05) is 11.0 Å². The topological polar surface area (TPSA) is 32.3 Å². The van der Waals surface area contributed by atoms with Crippen molar-refractivity contribution in [3.8, 4) is 0 Å². The van der Waals surface area contributed by atoms with Crippen molar-refractivity contribution >= 4 is 33.2 Å². The summed E-state index contributed by atoms with van der Waals surface area (Å²) in [6, 6.07) is 4.09. The highest BCUT2D eigenvalue weighted by molar-refractivity contribution is 9.10. The van der Waals surface area contributed by atoms with Crippen LogP contribution in [0.5, 0.6) is 0 Å². The van der Waals surface area contributed by atoms with Gasteiger partial charge in [-0.15, -0.1) is 0 Å². The Morgan fingerprint density at radius 3 is 2.93 bits per heavy atom. The molecule has 0 atom stereocenters. The first-order valence-corrected chi connectivity index (χ1v) is 5.77. The molecule has 1 N–H and O–H groups in total. The second kappa shape index (κ2) is 3.85. The molecule has 1 aliphatic rings. The van der Waals surface area contributed by atoms with Gasteiger partial charge in [-0.3, -0.25) is 4.79 Å². The van der Waals surface area contributed by atoms with E-state index in [2.05, 4.69) is 27.3 Å². The van der Waals surface area contributed by atoms with E-state index in [1.54, 1.807) is 4.90 Å². The molecule has 0 saturated carbocycles. The highest BCUT2D eigenvalue weighted by atomic mass is 79.9. The molecular weight excluding hydrogens is 256 g/mol. The summed E-state index contributed by atoms with van der Waals surface area (Å²) in [5.41, 5.74) is 3.17. The minimum atomic E-state index is 0.120. The van der Waals surface area contributed by atoms with Crippen LogP contribution in [0.1, 0.15) is 12.5 Å². The number of nitrogens with one attached hydrogen (secondary N) is 1. The Kier molecular flexibility index (Phi) is 2.69. The summed E-state index contributed by atoms with van der Waals surface area (Å²) in [6.45, 7) is 5.12. The third kappa shape index (κ3) is 1.74. The molecule has 3 nitrogen and oxygen atoms in total. The van der Waals surface area contributed by atoms with E-state index in [4.69, 9.17) is 0 Å². The van der Waals surface area contributed by atoms with Crippen LogP contribution in [0.2, 0.25) is 0 Å². The number of hydrogen-bond donors (Lipinski definition) is 1. The average molecular weight is 269 g/mol. The maximum absolute atomic E-state index is 11.7.